The van der Waals surface area contributed by atoms with Gasteiger partial charge in [-0.2, -0.15) is 11.8 Å². The van der Waals surface area contributed by atoms with Crippen molar-refractivity contribution in [1.82, 2.24) is 5.32 Å². The summed E-state index contributed by atoms with van der Waals surface area (Å²) in [6, 6.07) is 0.548. The van der Waals surface area contributed by atoms with Crippen LogP contribution in [0.25, 0.3) is 0 Å². The second kappa shape index (κ2) is 7.57. The molecule has 0 aromatic heterocycles. The first-order chi connectivity index (χ1) is 7.66. The lowest BCUT2D eigenvalue weighted by atomic mass is 10.0. The van der Waals surface area contributed by atoms with E-state index in [1.807, 2.05) is 11.8 Å². The minimum Gasteiger partial charge on any atom is -0.388 e. The highest BCUT2D eigenvalue weighted by molar-refractivity contribution is 7.99. The number of unbranched alkanes of at least 4 members (excludes halogenated alkanes) is 3. The van der Waals surface area contributed by atoms with Crippen molar-refractivity contribution in [2.75, 3.05) is 18.1 Å². The summed E-state index contributed by atoms with van der Waals surface area (Å²) in [7, 11) is 0. The van der Waals surface area contributed by atoms with Crippen molar-refractivity contribution in [2.45, 2.75) is 64.0 Å². The Morgan fingerprint density at radius 1 is 1.38 bits per heavy atom. The Labute approximate surface area is 105 Å². The molecule has 1 saturated heterocycles. The number of hydrogen-bond donors (Lipinski definition) is 2. The molecule has 2 atom stereocenters. The quantitative estimate of drug-likeness (QED) is 0.645. The van der Waals surface area contributed by atoms with Crippen molar-refractivity contribution < 1.29 is 5.11 Å². The minimum absolute atomic E-state index is 0.428. The van der Waals surface area contributed by atoms with Crippen LogP contribution in [0.4, 0.5) is 0 Å². The zero-order valence-corrected chi connectivity index (χ0v) is 11.6. The first kappa shape index (κ1) is 14.3. The maximum atomic E-state index is 10.2. The van der Waals surface area contributed by atoms with Crippen LogP contribution in [0.15, 0.2) is 0 Å². The van der Waals surface area contributed by atoms with Gasteiger partial charge in [0, 0.05) is 18.3 Å². The summed E-state index contributed by atoms with van der Waals surface area (Å²) in [6.45, 7) is 5.25. The van der Waals surface area contributed by atoms with Gasteiger partial charge in [-0.15, -0.1) is 0 Å². The van der Waals surface area contributed by atoms with Crippen LogP contribution in [0.5, 0.6) is 0 Å². The van der Waals surface area contributed by atoms with Crippen molar-refractivity contribution >= 4 is 11.8 Å². The van der Waals surface area contributed by atoms with E-state index >= 15 is 0 Å². The molecule has 1 aliphatic rings. The minimum atomic E-state index is -0.428. The molecule has 0 amide bonds. The third-order valence-electron chi connectivity index (χ3n) is 3.35. The molecule has 2 unspecified atom stereocenters. The second-order valence-corrected chi connectivity index (χ2v) is 6.26. The van der Waals surface area contributed by atoms with Crippen LogP contribution in [0.1, 0.15) is 52.4 Å². The van der Waals surface area contributed by atoms with Gasteiger partial charge in [0.2, 0.25) is 0 Å². The molecular formula is C13H27NOS. The summed E-state index contributed by atoms with van der Waals surface area (Å²) in [5, 5.41) is 13.6. The largest absolute Gasteiger partial charge is 0.388 e. The fraction of sp³-hybridized carbons (Fsp3) is 1.00. The van der Waals surface area contributed by atoms with Crippen molar-refractivity contribution in [3.63, 3.8) is 0 Å². The van der Waals surface area contributed by atoms with E-state index in [9.17, 15) is 5.11 Å². The molecule has 2 N–H and O–H groups in total. The molecule has 1 heterocycles. The van der Waals surface area contributed by atoms with Crippen molar-refractivity contribution in [3.05, 3.63) is 0 Å². The van der Waals surface area contributed by atoms with E-state index in [-0.39, 0.29) is 0 Å². The first-order valence-corrected chi connectivity index (χ1v) is 7.85. The highest BCUT2D eigenvalue weighted by Gasteiger charge is 2.31. The maximum Gasteiger partial charge on any atom is 0.0869 e. The van der Waals surface area contributed by atoms with Crippen LogP contribution in [0.2, 0.25) is 0 Å². The molecule has 0 aromatic carbocycles. The van der Waals surface area contributed by atoms with E-state index < -0.39 is 5.60 Å². The second-order valence-electron chi connectivity index (χ2n) is 5.16. The van der Waals surface area contributed by atoms with Crippen molar-refractivity contribution in [3.8, 4) is 0 Å². The average molecular weight is 245 g/mol. The fourth-order valence-corrected chi connectivity index (χ4v) is 3.37. The lowest BCUT2D eigenvalue weighted by Gasteiger charge is -2.24. The van der Waals surface area contributed by atoms with Crippen LogP contribution in [0, 0.1) is 0 Å². The lowest BCUT2D eigenvalue weighted by Crippen LogP contribution is -2.43. The van der Waals surface area contributed by atoms with E-state index in [1.54, 1.807) is 0 Å². The molecule has 96 valence electrons. The van der Waals surface area contributed by atoms with E-state index in [0.29, 0.717) is 6.04 Å². The van der Waals surface area contributed by atoms with Crippen molar-refractivity contribution in [2.24, 2.45) is 0 Å². The van der Waals surface area contributed by atoms with Gasteiger partial charge in [0.1, 0.15) is 0 Å². The van der Waals surface area contributed by atoms with E-state index in [2.05, 4.69) is 19.2 Å². The summed E-state index contributed by atoms with van der Waals surface area (Å²) in [5.41, 5.74) is -0.428. The van der Waals surface area contributed by atoms with Crippen LogP contribution < -0.4 is 5.32 Å². The molecule has 1 rings (SSSR count). The summed E-state index contributed by atoms with van der Waals surface area (Å²) in [6.07, 6.45) is 7.51. The fourth-order valence-electron chi connectivity index (χ4n) is 2.08. The van der Waals surface area contributed by atoms with E-state index in [0.717, 1.165) is 24.5 Å². The summed E-state index contributed by atoms with van der Waals surface area (Å²) < 4.78 is 0. The third kappa shape index (κ3) is 5.55. The van der Waals surface area contributed by atoms with Crippen LogP contribution >= 0.6 is 11.8 Å². The number of thioether (sulfide) groups is 1. The Morgan fingerprint density at radius 3 is 2.81 bits per heavy atom. The first-order valence-electron chi connectivity index (χ1n) is 6.70. The molecule has 1 fully saturated rings. The van der Waals surface area contributed by atoms with Gasteiger partial charge in [0.15, 0.2) is 0 Å². The molecule has 0 spiro atoms. The lowest BCUT2D eigenvalue weighted by molar-refractivity contribution is 0.0647. The van der Waals surface area contributed by atoms with Gasteiger partial charge in [-0.25, -0.2) is 0 Å². The van der Waals surface area contributed by atoms with Crippen LogP contribution in [0.3, 0.4) is 0 Å². The van der Waals surface area contributed by atoms with Gasteiger partial charge < -0.3 is 10.4 Å². The summed E-state index contributed by atoms with van der Waals surface area (Å²) in [5.74, 6) is 2.02. The maximum absolute atomic E-state index is 10.2. The predicted molar refractivity (Wildman–Crippen MR) is 73.1 cm³/mol. The predicted octanol–water partition coefficient (Wildman–Crippen LogP) is 2.80. The average Bonchev–Trinajstić information content (AvgIpc) is 2.70. The molecule has 2 nitrogen and oxygen atoms in total. The number of nitrogens with one attached hydrogen (secondary N) is 1. The topological polar surface area (TPSA) is 32.3 Å². The van der Waals surface area contributed by atoms with Gasteiger partial charge in [0.25, 0.3) is 0 Å². The highest BCUT2D eigenvalue weighted by atomic mass is 32.2. The monoisotopic (exact) mass is 245 g/mol. The van der Waals surface area contributed by atoms with E-state index in [1.165, 1.54) is 32.1 Å². The van der Waals surface area contributed by atoms with Gasteiger partial charge >= 0.3 is 0 Å². The third-order valence-corrected chi connectivity index (χ3v) is 4.59. The number of rotatable bonds is 8. The van der Waals surface area contributed by atoms with Crippen LogP contribution in [-0.4, -0.2) is 34.8 Å². The SMILES string of the molecule is CCCCCCC(C)NCC1(O)CCSC1. The number of hydrogen-bond acceptors (Lipinski definition) is 3. The Bertz CT molecular complexity index is 181. The zero-order valence-electron chi connectivity index (χ0n) is 10.8. The van der Waals surface area contributed by atoms with Crippen molar-refractivity contribution in [1.29, 1.82) is 0 Å². The number of aliphatic hydroxyl groups is 1. The molecule has 0 radical (unpaired) electrons. The molecule has 3 heteroatoms. The van der Waals surface area contributed by atoms with Gasteiger partial charge in [0.05, 0.1) is 5.60 Å². The smallest absolute Gasteiger partial charge is 0.0869 e. The molecule has 0 aliphatic carbocycles. The molecule has 1 aliphatic heterocycles. The molecular weight excluding hydrogens is 218 g/mol. The Balaban J connectivity index is 2.03. The standard InChI is InChI=1S/C13H27NOS/c1-3-4-5-6-7-12(2)14-10-13(15)8-9-16-11-13/h12,14-15H,3-11H2,1-2H3. The molecule has 0 saturated carbocycles. The zero-order chi connectivity index (χ0) is 11.9. The van der Waals surface area contributed by atoms with Crippen LogP contribution in [-0.2, 0) is 0 Å². The van der Waals surface area contributed by atoms with Gasteiger partial charge in [-0.05, 0) is 25.5 Å². The Morgan fingerprint density at radius 2 is 2.19 bits per heavy atom. The van der Waals surface area contributed by atoms with E-state index in [4.69, 9.17) is 0 Å². The summed E-state index contributed by atoms with van der Waals surface area (Å²) in [4.78, 5) is 0. The summed E-state index contributed by atoms with van der Waals surface area (Å²) >= 11 is 1.87. The molecule has 0 aromatic rings. The normalized spacial score (nSPS) is 27.2. The highest BCUT2D eigenvalue weighted by Crippen LogP contribution is 2.27. The molecule has 0 bridgehead atoms. The van der Waals surface area contributed by atoms with Gasteiger partial charge in [-0.1, -0.05) is 32.6 Å². The Kier molecular flexibility index (Phi) is 6.78. The molecule has 16 heavy (non-hydrogen) atoms. The van der Waals surface area contributed by atoms with Gasteiger partial charge in [-0.3, -0.25) is 0 Å². The Hall–Kier alpha value is 0.270.